The van der Waals surface area contributed by atoms with E-state index in [-0.39, 0.29) is 17.4 Å². The molecule has 0 atom stereocenters. The fourth-order valence-electron chi connectivity index (χ4n) is 1.30. The topological polar surface area (TPSA) is 77.0 Å². The molecule has 0 saturated heterocycles. The number of hydrogen-bond donors (Lipinski definition) is 1. The van der Waals surface area contributed by atoms with Crippen LogP contribution in [0.5, 0.6) is 0 Å². The van der Waals surface area contributed by atoms with Crippen LogP contribution in [0.1, 0.15) is 19.7 Å². The normalized spacial score (nSPS) is 10.1. The number of hydrogen-bond acceptors (Lipinski definition) is 4. The fourth-order valence-corrected chi connectivity index (χ4v) is 1.39. The van der Waals surface area contributed by atoms with E-state index in [2.05, 4.69) is 10.1 Å². The van der Waals surface area contributed by atoms with Crippen LogP contribution in [0, 0.1) is 0 Å². The van der Waals surface area contributed by atoms with Gasteiger partial charge >= 0.3 is 0 Å². The van der Waals surface area contributed by atoms with Crippen molar-refractivity contribution < 1.29 is 4.79 Å². The quantitative estimate of drug-likeness (QED) is 0.721. The molecule has 1 heterocycles. The Morgan fingerprint density at radius 1 is 1.56 bits per heavy atom. The number of nitrogens with zero attached hydrogens (tertiary/aromatic N) is 4. The SMILES string of the molecule is CCN(CC)C(=O)Cn1cnc(C(N)=S)n1. The molecule has 0 aliphatic rings. The minimum atomic E-state index is 0.00406. The monoisotopic (exact) mass is 241 g/mol. The van der Waals surface area contributed by atoms with Crippen molar-refractivity contribution in [3.8, 4) is 0 Å². The zero-order valence-electron chi connectivity index (χ0n) is 9.38. The predicted octanol–water partition coefficient (Wildman–Crippen LogP) is -0.219. The number of aromatic nitrogens is 3. The number of carbonyl (C=O) groups excluding carboxylic acids is 1. The Labute approximate surface area is 99.4 Å². The van der Waals surface area contributed by atoms with E-state index in [1.54, 1.807) is 4.90 Å². The summed E-state index contributed by atoms with van der Waals surface area (Å²) >= 11 is 4.73. The Hall–Kier alpha value is -1.50. The van der Waals surface area contributed by atoms with Crippen molar-refractivity contribution in [1.82, 2.24) is 19.7 Å². The first kappa shape index (κ1) is 12.6. The summed E-state index contributed by atoms with van der Waals surface area (Å²) in [4.78, 5) is 17.5. The van der Waals surface area contributed by atoms with E-state index in [0.717, 1.165) is 0 Å². The number of thiocarbonyl (C=S) groups is 1. The molecule has 0 unspecified atom stereocenters. The van der Waals surface area contributed by atoms with Crippen LogP contribution in [0.15, 0.2) is 6.33 Å². The summed E-state index contributed by atoms with van der Waals surface area (Å²) in [5.74, 6) is 0.298. The highest BCUT2D eigenvalue weighted by molar-refractivity contribution is 7.80. The average molecular weight is 241 g/mol. The molecule has 1 aromatic heterocycles. The number of carbonyl (C=O) groups is 1. The number of likely N-dealkylation sites (N-methyl/N-ethyl adjacent to an activating group) is 1. The second-order valence-electron chi connectivity index (χ2n) is 3.20. The number of rotatable bonds is 5. The third kappa shape index (κ3) is 2.99. The molecule has 0 radical (unpaired) electrons. The van der Waals surface area contributed by atoms with Crippen molar-refractivity contribution in [1.29, 1.82) is 0 Å². The van der Waals surface area contributed by atoms with Gasteiger partial charge in [-0.1, -0.05) is 12.2 Å². The zero-order chi connectivity index (χ0) is 12.1. The molecule has 1 aromatic rings. The highest BCUT2D eigenvalue weighted by atomic mass is 32.1. The maximum atomic E-state index is 11.7. The molecule has 7 heteroatoms. The van der Waals surface area contributed by atoms with E-state index >= 15 is 0 Å². The Kier molecular flexibility index (Phi) is 4.36. The molecule has 0 fully saturated rings. The summed E-state index contributed by atoms with van der Waals surface area (Å²) in [6, 6.07) is 0. The lowest BCUT2D eigenvalue weighted by Crippen LogP contribution is -2.33. The zero-order valence-corrected chi connectivity index (χ0v) is 10.2. The smallest absolute Gasteiger partial charge is 0.244 e. The third-order valence-corrected chi connectivity index (χ3v) is 2.35. The van der Waals surface area contributed by atoms with Crippen LogP contribution in [0.4, 0.5) is 0 Å². The van der Waals surface area contributed by atoms with Gasteiger partial charge in [-0.05, 0) is 13.8 Å². The standard InChI is InChI=1S/C9H15N5OS/c1-3-13(4-2)7(15)5-14-6-11-9(12-14)8(10)16/h6H,3-5H2,1-2H3,(H2,10,16). The summed E-state index contributed by atoms with van der Waals surface area (Å²) in [6.45, 7) is 5.40. The molecular formula is C9H15N5OS. The minimum absolute atomic E-state index is 0.00406. The first-order chi connectivity index (χ1) is 7.58. The Balaban J connectivity index is 2.65. The van der Waals surface area contributed by atoms with Gasteiger partial charge in [0.2, 0.25) is 11.7 Å². The van der Waals surface area contributed by atoms with Crippen molar-refractivity contribution in [3.05, 3.63) is 12.2 Å². The van der Waals surface area contributed by atoms with Crippen molar-refractivity contribution >= 4 is 23.1 Å². The van der Waals surface area contributed by atoms with E-state index in [9.17, 15) is 4.79 Å². The van der Waals surface area contributed by atoms with Gasteiger partial charge < -0.3 is 10.6 Å². The van der Waals surface area contributed by atoms with Gasteiger partial charge in [0, 0.05) is 13.1 Å². The molecule has 1 rings (SSSR count). The first-order valence-electron chi connectivity index (χ1n) is 5.05. The first-order valence-corrected chi connectivity index (χ1v) is 5.46. The summed E-state index contributed by atoms with van der Waals surface area (Å²) in [5.41, 5.74) is 5.37. The molecule has 0 aromatic carbocycles. The van der Waals surface area contributed by atoms with Gasteiger partial charge in [-0.25, -0.2) is 9.67 Å². The van der Waals surface area contributed by atoms with Crippen molar-refractivity contribution in [2.75, 3.05) is 13.1 Å². The molecule has 0 bridgehead atoms. The maximum Gasteiger partial charge on any atom is 0.244 e. The van der Waals surface area contributed by atoms with E-state index < -0.39 is 0 Å². The Bertz CT molecular complexity index is 385. The summed E-state index contributed by atoms with van der Waals surface area (Å²) < 4.78 is 1.44. The Morgan fingerprint density at radius 2 is 2.19 bits per heavy atom. The van der Waals surface area contributed by atoms with Crippen LogP contribution < -0.4 is 5.73 Å². The van der Waals surface area contributed by atoms with E-state index in [4.69, 9.17) is 18.0 Å². The number of amides is 1. The largest absolute Gasteiger partial charge is 0.387 e. The molecule has 6 nitrogen and oxygen atoms in total. The minimum Gasteiger partial charge on any atom is -0.387 e. The highest BCUT2D eigenvalue weighted by Gasteiger charge is 2.11. The van der Waals surface area contributed by atoms with Gasteiger partial charge in [0.25, 0.3) is 0 Å². The second kappa shape index (κ2) is 5.55. The Morgan fingerprint density at radius 3 is 2.62 bits per heavy atom. The predicted molar refractivity (Wildman–Crippen MR) is 63.8 cm³/mol. The molecule has 0 aliphatic heterocycles. The maximum absolute atomic E-state index is 11.7. The van der Waals surface area contributed by atoms with Crippen LogP contribution in [0.25, 0.3) is 0 Å². The lowest BCUT2D eigenvalue weighted by molar-refractivity contribution is -0.131. The molecule has 2 N–H and O–H groups in total. The molecule has 0 aliphatic carbocycles. The molecule has 16 heavy (non-hydrogen) atoms. The van der Waals surface area contributed by atoms with E-state index in [1.165, 1.54) is 11.0 Å². The van der Waals surface area contributed by atoms with Crippen molar-refractivity contribution in [2.45, 2.75) is 20.4 Å². The molecule has 0 spiro atoms. The van der Waals surface area contributed by atoms with Crippen LogP contribution in [-0.4, -0.2) is 43.6 Å². The van der Waals surface area contributed by atoms with Crippen LogP contribution in [0.3, 0.4) is 0 Å². The van der Waals surface area contributed by atoms with Gasteiger partial charge in [0.1, 0.15) is 17.9 Å². The molecule has 1 amide bonds. The summed E-state index contributed by atoms with van der Waals surface area (Å²) in [7, 11) is 0. The lowest BCUT2D eigenvalue weighted by atomic mass is 10.4. The molecule has 88 valence electrons. The summed E-state index contributed by atoms with van der Waals surface area (Å²) in [6.07, 6.45) is 1.45. The lowest BCUT2D eigenvalue weighted by Gasteiger charge is -2.17. The van der Waals surface area contributed by atoms with Crippen molar-refractivity contribution in [2.24, 2.45) is 5.73 Å². The molecule has 0 saturated carbocycles. The van der Waals surface area contributed by atoms with Gasteiger partial charge in [-0.2, -0.15) is 0 Å². The van der Waals surface area contributed by atoms with Crippen LogP contribution in [0.2, 0.25) is 0 Å². The number of nitrogens with two attached hydrogens (primary N) is 1. The van der Waals surface area contributed by atoms with Gasteiger partial charge in [-0.3, -0.25) is 4.79 Å². The second-order valence-corrected chi connectivity index (χ2v) is 3.64. The van der Waals surface area contributed by atoms with Crippen LogP contribution in [-0.2, 0) is 11.3 Å². The molecular weight excluding hydrogens is 226 g/mol. The highest BCUT2D eigenvalue weighted by Crippen LogP contribution is 1.94. The van der Waals surface area contributed by atoms with Gasteiger partial charge in [0.05, 0.1) is 0 Å². The van der Waals surface area contributed by atoms with Gasteiger partial charge in [-0.15, -0.1) is 5.10 Å². The van der Waals surface area contributed by atoms with Crippen LogP contribution >= 0.6 is 12.2 Å². The average Bonchev–Trinajstić information content (AvgIpc) is 2.68. The van der Waals surface area contributed by atoms with Gasteiger partial charge in [0.15, 0.2) is 0 Å². The fraction of sp³-hybridized carbons (Fsp3) is 0.556. The van der Waals surface area contributed by atoms with Crippen molar-refractivity contribution in [3.63, 3.8) is 0 Å². The van der Waals surface area contributed by atoms with E-state index in [0.29, 0.717) is 18.9 Å². The third-order valence-electron chi connectivity index (χ3n) is 2.17. The summed E-state index contributed by atoms with van der Waals surface area (Å²) in [5, 5.41) is 3.99. The van der Waals surface area contributed by atoms with E-state index in [1.807, 2.05) is 13.8 Å².